The molecule has 216 valence electrons. The van der Waals surface area contributed by atoms with Gasteiger partial charge in [-0.3, -0.25) is 14.4 Å². The molecular formula is C32H41FN2O5. The molecule has 0 aliphatic rings. The molecule has 0 aliphatic carbocycles. The van der Waals surface area contributed by atoms with Gasteiger partial charge in [0.05, 0.1) is 36.9 Å². The van der Waals surface area contributed by atoms with E-state index in [2.05, 4.69) is 6.92 Å². The van der Waals surface area contributed by atoms with Crippen LogP contribution in [-0.4, -0.2) is 48.4 Å². The maximum Gasteiger partial charge on any atom is 0.242 e. The Morgan fingerprint density at radius 1 is 0.875 bits per heavy atom. The van der Waals surface area contributed by atoms with E-state index in [1.807, 2.05) is 0 Å². The maximum absolute atomic E-state index is 13.6. The first-order chi connectivity index (χ1) is 19.4. The van der Waals surface area contributed by atoms with Crippen molar-refractivity contribution in [3.63, 3.8) is 0 Å². The fourth-order valence-corrected chi connectivity index (χ4v) is 4.62. The second-order valence-corrected chi connectivity index (χ2v) is 10.1. The van der Waals surface area contributed by atoms with Crippen molar-refractivity contribution in [2.24, 2.45) is 0 Å². The first kappa shape index (κ1) is 31.0. The van der Waals surface area contributed by atoms with Crippen LogP contribution in [0.25, 0.3) is 11.0 Å². The van der Waals surface area contributed by atoms with E-state index in [4.69, 9.17) is 9.15 Å². The van der Waals surface area contributed by atoms with Crippen LogP contribution < -0.4 is 5.43 Å². The molecule has 0 spiro atoms. The Morgan fingerprint density at radius 2 is 1.57 bits per heavy atom. The number of ether oxygens (including phenoxy) is 1. The number of rotatable bonds is 17. The summed E-state index contributed by atoms with van der Waals surface area (Å²) in [5.41, 5.74) is 1.28. The van der Waals surface area contributed by atoms with Crippen molar-refractivity contribution in [2.75, 3.05) is 26.8 Å². The van der Waals surface area contributed by atoms with E-state index in [0.29, 0.717) is 41.7 Å². The average molecular weight is 553 g/mol. The third-order valence-corrected chi connectivity index (χ3v) is 6.99. The Balaban J connectivity index is 1.73. The quantitative estimate of drug-likeness (QED) is 0.190. The van der Waals surface area contributed by atoms with Crippen molar-refractivity contribution in [1.82, 2.24) is 9.80 Å². The van der Waals surface area contributed by atoms with Gasteiger partial charge in [0, 0.05) is 26.6 Å². The van der Waals surface area contributed by atoms with E-state index < -0.39 is 0 Å². The molecule has 1 aromatic heterocycles. The number of hydrogen-bond donors (Lipinski definition) is 0. The zero-order valence-corrected chi connectivity index (χ0v) is 23.7. The van der Waals surface area contributed by atoms with Crippen LogP contribution in [0.4, 0.5) is 4.39 Å². The Kier molecular flexibility index (Phi) is 12.8. The number of methoxy groups -OCH3 is 1. The van der Waals surface area contributed by atoms with Gasteiger partial charge in [-0.05, 0) is 36.2 Å². The fourth-order valence-electron chi connectivity index (χ4n) is 4.62. The summed E-state index contributed by atoms with van der Waals surface area (Å²) in [6, 6.07) is 12.8. The Labute approximate surface area is 235 Å². The van der Waals surface area contributed by atoms with Gasteiger partial charge in [0.25, 0.3) is 0 Å². The second kappa shape index (κ2) is 16.6. The lowest BCUT2D eigenvalue weighted by Crippen LogP contribution is -2.44. The summed E-state index contributed by atoms with van der Waals surface area (Å²) in [5, 5.41) is 0.431. The summed E-state index contributed by atoms with van der Waals surface area (Å²) in [5.74, 6) is -0.787. The normalized spacial score (nSPS) is 11.1. The standard InChI is InChI=1S/C32H41FN2O5/c1-3-4-5-6-7-8-9-14-30(36)34(19-20-39-2)23-31(37)35(21-25-15-17-27(33)18-16-25)22-26-24-40-29-13-11-10-12-28(29)32(26)38/h10-13,15-18,24H,3-9,14,19-23H2,1-2H3. The minimum Gasteiger partial charge on any atom is -0.464 e. The molecule has 0 saturated heterocycles. The zero-order valence-electron chi connectivity index (χ0n) is 23.7. The monoisotopic (exact) mass is 552 g/mol. The lowest BCUT2D eigenvalue weighted by Gasteiger charge is -2.28. The van der Waals surface area contributed by atoms with E-state index >= 15 is 0 Å². The highest BCUT2D eigenvalue weighted by atomic mass is 19.1. The van der Waals surface area contributed by atoms with Gasteiger partial charge >= 0.3 is 0 Å². The highest BCUT2D eigenvalue weighted by Crippen LogP contribution is 2.15. The average Bonchev–Trinajstić information content (AvgIpc) is 2.96. The van der Waals surface area contributed by atoms with Gasteiger partial charge in [-0.25, -0.2) is 4.39 Å². The number of carbonyl (C=O) groups is 2. The van der Waals surface area contributed by atoms with E-state index in [9.17, 15) is 18.8 Å². The van der Waals surface area contributed by atoms with Gasteiger partial charge < -0.3 is 19.0 Å². The summed E-state index contributed by atoms with van der Waals surface area (Å²) in [6.45, 7) is 2.79. The summed E-state index contributed by atoms with van der Waals surface area (Å²) >= 11 is 0. The van der Waals surface area contributed by atoms with Crippen molar-refractivity contribution in [3.8, 4) is 0 Å². The SMILES string of the molecule is CCCCCCCCCC(=O)N(CCOC)CC(=O)N(Cc1ccc(F)cc1)Cc1coc2ccccc2c1=O. The first-order valence-corrected chi connectivity index (χ1v) is 14.2. The third kappa shape index (κ3) is 9.59. The Hall–Kier alpha value is -3.52. The molecular weight excluding hydrogens is 511 g/mol. The number of unbranched alkanes of at least 4 members (excludes halogenated alkanes) is 6. The van der Waals surface area contributed by atoms with E-state index in [1.54, 1.807) is 43.5 Å². The predicted molar refractivity (Wildman–Crippen MR) is 154 cm³/mol. The molecule has 7 nitrogen and oxygen atoms in total. The number of benzene rings is 2. The second-order valence-electron chi connectivity index (χ2n) is 10.1. The van der Waals surface area contributed by atoms with E-state index in [-0.39, 0.29) is 42.7 Å². The maximum atomic E-state index is 13.6. The smallest absolute Gasteiger partial charge is 0.242 e. The highest BCUT2D eigenvalue weighted by molar-refractivity contribution is 5.85. The Morgan fingerprint density at radius 3 is 2.30 bits per heavy atom. The van der Waals surface area contributed by atoms with Crippen LogP contribution >= 0.6 is 0 Å². The molecule has 0 saturated carbocycles. The molecule has 0 radical (unpaired) electrons. The van der Waals surface area contributed by atoms with Gasteiger partial charge in [-0.2, -0.15) is 0 Å². The van der Waals surface area contributed by atoms with Crippen LogP contribution in [0, 0.1) is 5.82 Å². The van der Waals surface area contributed by atoms with Gasteiger partial charge in [-0.15, -0.1) is 0 Å². The lowest BCUT2D eigenvalue weighted by molar-refractivity contribution is -0.141. The van der Waals surface area contributed by atoms with Gasteiger partial charge in [0.1, 0.15) is 11.4 Å². The Bertz CT molecular complexity index is 1270. The minimum atomic E-state index is -0.376. The van der Waals surface area contributed by atoms with Gasteiger partial charge in [0.2, 0.25) is 11.8 Å². The lowest BCUT2D eigenvalue weighted by atomic mass is 10.1. The molecule has 3 aromatic rings. The first-order valence-electron chi connectivity index (χ1n) is 14.2. The summed E-state index contributed by atoms with van der Waals surface area (Å²) in [4.78, 5) is 42.9. The van der Waals surface area contributed by atoms with E-state index in [0.717, 1.165) is 19.3 Å². The van der Waals surface area contributed by atoms with Crippen LogP contribution in [0.5, 0.6) is 0 Å². The fraction of sp³-hybridized carbons (Fsp3) is 0.469. The van der Waals surface area contributed by atoms with Crippen molar-refractivity contribution in [3.05, 3.63) is 82.0 Å². The molecule has 0 atom stereocenters. The zero-order chi connectivity index (χ0) is 28.7. The third-order valence-electron chi connectivity index (χ3n) is 6.99. The van der Waals surface area contributed by atoms with Crippen LogP contribution in [0.2, 0.25) is 0 Å². The number of para-hydroxylation sites is 1. The van der Waals surface area contributed by atoms with Gasteiger partial charge in [0.15, 0.2) is 5.43 Å². The predicted octanol–water partition coefficient (Wildman–Crippen LogP) is 6.08. The van der Waals surface area contributed by atoms with Crippen molar-refractivity contribution in [2.45, 2.75) is 71.4 Å². The number of halogens is 1. The molecule has 0 aliphatic heterocycles. The highest BCUT2D eigenvalue weighted by Gasteiger charge is 2.23. The van der Waals surface area contributed by atoms with Crippen LogP contribution in [0.3, 0.4) is 0 Å². The van der Waals surface area contributed by atoms with Crippen LogP contribution in [0.15, 0.2) is 64.0 Å². The number of carbonyl (C=O) groups excluding carboxylic acids is 2. The van der Waals surface area contributed by atoms with E-state index in [1.165, 1.54) is 53.9 Å². The van der Waals surface area contributed by atoms with Crippen molar-refractivity contribution in [1.29, 1.82) is 0 Å². The number of hydrogen-bond acceptors (Lipinski definition) is 5. The number of nitrogens with zero attached hydrogens (tertiary/aromatic N) is 2. The molecule has 0 unspecified atom stereocenters. The molecule has 3 rings (SSSR count). The molecule has 2 aromatic carbocycles. The van der Waals surface area contributed by atoms with Crippen molar-refractivity contribution < 1.29 is 23.1 Å². The van der Waals surface area contributed by atoms with Crippen molar-refractivity contribution >= 4 is 22.8 Å². The minimum absolute atomic E-state index is 0.00650. The summed E-state index contributed by atoms with van der Waals surface area (Å²) in [6.07, 6.45) is 9.45. The molecule has 1 heterocycles. The topological polar surface area (TPSA) is 80.1 Å². The molecule has 0 fully saturated rings. The molecule has 8 heteroatoms. The largest absolute Gasteiger partial charge is 0.464 e. The van der Waals surface area contributed by atoms with Crippen LogP contribution in [-0.2, 0) is 27.4 Å². The molecule has 40 heavy (non-hydrogen) atoms. The van der Waals surface area contributed by atoms with Gasteiger partial charge in [-0.1, -0.05) is 69.7 Å². The number of amides is 2. The molecule has 0 bridgehead atoms. The molecule has 2 amide bonds. The summed E-state index contributed by atoms with van der Waals surface area (Å²) < 4.78 is 24.4. The number of fused-ring (bicyclic) bond motifs is 1. The summed E-state index contributed by atoms with van der Waals surface area (Å²) in [7, 11) is 1.56. The molecule has 0 N–H and O–H groups in total. The van der Waals surface area contributed by atoms with Crippen LogP contribution in [0.1, 0.15) is 69.4 Å².